The zero-order chi connectivity index (χ0) is 21.7. The van der Waals surface area contributed by atoms with Gasteiger partial charge in [0.05, 0.1) is 17.0 Å². The maximum Gasteiger partial charge on any atom is 0.417 e. The second-order valence-electron chi connectivity index (χ2n) is 6.83. The van der Waals surface area contributed by atoms with Crippen LogP contribution in [0.5, 0.6) is 0 Å². The van der Waals surface area contributed by atoms with Crippen LogP contribution < -0.4 is 10.7 Å². The van der Waals surface area contributed by atoms with Gasteiger partial charge in [-0.05, 0) is 31.9 Å². The molecular weight excluding hydrogens is 391 g/mol. The van der Waals surface area contributed by atoms with Crippen LogP contribution in [0.2, 0.25) is 0 Å². The van der Waals surface area contributed by atoms with Crippen molar-refractivity contribution >= 4 is 16.9 Å². The minimum atomic E-state index is -4.66. The second-order valence-corrected chi connectivity index (χ2v) is 6.83. The SMILES string of the molecule is C=C/C=C\C=C/C(C)n1c(NC2=CCCC=C2)cc(=O)c2c(C(F)(F)F)ccnc21. The predicted molar refractivity (Wildman–Crippen MR) is 114 cm³/mol. The third-order valence-corrected chi connectivity index (χ3v) is 4.66. The molecule has 1 aliphatic carbocycles. The fraction of sp³-hybridized carbons (Fsp3) is 0.217. The average molecular weight is 413 g/mol. The van der Waals surface area contributed by atoms with Crippen molar-refractivity contribution in [1.29, 1.82) is 0 Å². The van der Waals surface area contributed by atoms with Gasteiger partial charge in [-0.3, -0.25) is 4.79 Å². The molecule has 4 nitrogen and oxygen atoms in total. The molecule has 2 aromatic rings. The summed E-state index contributed by atoms with van der Waals surface area (Å²) in [6.07, 6.45) is 12.7. The first-order valence-corrected chi connectivity index (χ1v) is 9.54. The highest BCUT2D eigenvalue weighted by atomic mass is 19.4. The van der Waals surface area contributed by atoms with Crippen molar-refractivity contribution in [3.05, 3.63) is 95.0 Å². The number of hydrogen-bond donors (Lipinski definition) is 1. The van der Waals surface area contributed by atoms with E-state index in [1.165, 1.54) is 6.07 Å². The molecule has 1 N–H and O–H groups in total. The van der Waals surface area contributed by atoms with E-state index in [-0.39, 0.29) is 11.7 Å². The van der Waals surface area contributed by atoms with E-state index in [4.69, 9.17) is 0 Å². The van der Waals surface area contributed by atoms with Crippen LogP contribution >= 0.6 is 0 Å². The van der Waals surface area contributed by atoms with Crippen molar-refractivity contribution in [2.75, 3.05) is 5.32 Å². The topological polar surface area (TPSA) is 46.9 Å². The fourth-order valence-electron chi connectivity index (χ4n) is 3.31. The van der Waals surface area contributed by atoms with Crippen LogP contribution in [-0.2, 0) is 6.18 Å². The Morgan fingerprint density at radius 1 is 1.27 bits per heavy atom. The number of fused-ring (bicyclic) bond motifs is 1. The zero-order valence-corrected chi connectivity index (χ0v) is 16.5. The number of nitrogens with one attached hydrogen (secondary N) is 1. The molecule has 156 valence electrons. The summed E-state index contributed by atoms with van der Waals surface area (Å²) in [6.45, 7) is 5.42. The van der Waals surface area contributed by atoms with Crippen molar-refractivity contribution in [3.63, 3.8) is 0 Å². The van der Waals surface area contributed by atoms with Gasteiger partial charge in [-0.15, -0.1) is 0 Å². The molecule has 0 bridgehead atoms. The first-order chi connectivity index (χ1) is 14.3. The van der Waals surface area contributed by atoms with E-state index in [9.17, 15) is 18.0 Å². The number of anilines is 1. The summed E-state index contributed by atoms with van der Waals surface area (Å²) in [5.41, 5.74) is -0.960. The van der Waals surface area contributed by atoms with E-state index in [0.717, 1.165) is 30.8 Å². The molecule has 0 saturated carbocycles. The highest BCUT2D eigenvalue weighted by Crippen LogP contribution is 2.34. The summed E-state index contributed by atoms with van der Waals surface area (Å²) in [5, 5.41) is 2.73. The standard InChI is InChI=1S/C23H22F3N3O/c1-3-4-5-7-10-16(2)29-20(28-17-11-8-6-9-12-17)15-19(30)21-18(23(24,25)26)13-14-27-22(21)29/h3-5,7-8,10-16,28H,1,6,9H2,2H3/b5-4-,10-7-. The molecule has 0 radical (unpaired) electrons. The van der Waals surface area contributed by atoms with Gasteiger partial charge in [0, 0.05) is 18.0 Å². The smallest absolute Gasteiger partial charge is 0.342 e. The number of hydrogen-bond acceptors (Lipinski definition) is 3. The molecule has 0 aliphatic heterocycles. The van der Waals surface area contributed by atoms with Gasteiger partial charge in [0.2, 0.25) is 0 Å². The predicted octanol–water partition coefficient (Wildman–Crippen LogP) is 5.92. The molecule has 3 rings (SSSR count). The van der Waals surface area contributed by atoms with Gasteiger partial charge in [-0.1, -0.05) is 49.1 Å². The molecule has 1 atom stereocenters. The van der Waals surface area contributed by atoms with Gasteiger partial charge in [-0.25, -0.2) is 4.98 Å². The van der Waals surface area contributed by atoms with E-state index in [1.807, 2.05) is 31.2 Å². The highest BCUT2D eigenvalue weighted by molar-refractivity contribution is 5.82. The highest BCUT2D eigenvalue weighted by Gasteiger charge is 2.34. The lowest BCUT2D eigenvalue weighted by atomic mass is 10.1. The van der Waals surface area contributed by atoms with Crippen molar-refractivity contribution in [2.45, 2.75) is 32.0 Å². The number of aromatic nitrogens is 2. The van der Waals surface area contributed by atoms with Gasteiger partial charge < -0.3 is 9.88 Å². The van der Waals surface area contributed by atoms with Crippen LogP contribution in [0.1, 0.15) is 31.4 Å². The molecule has 0 amide bonds. The lowest BCUT2D eigenvalue weighted by Gasteiger charge is -2.23. The average Bonchev–Trinajstić information content (AvgIpc) is 2.71. The summed E-state index contributed by atoms with van der Waals surface area (Å²) in [6, 6.07) is 1.65. The summed E-state index contributed by atoms with van der Waals surface area (Å²) in [5.74, 6) is 0.377. The largest absolute Gasteiger partial charge is 0.417 e. The first-order valence-electron chi connectivity index (χ1n) is 9.54. The maximum absolute atomic E-state index is 13.5. The Morgan fingerprint density at radius 3 is 2.73 bits per heavy atom. The molecule has 0 fully saturated rings. The Kier molecular flexibility index (Phi) is 6.40. The third-order valence-electron chi connectivity index (χ3n) is 4.66. The lowest BCUT2D eigenvalue weighted by molar-refractivity contribution is -0.136. The molecule has 1 unspecified atom stereocenters. The van der Waals surface area contributed by atoms with Crippen LogP contribution in [-0.4, -0.2) is 9.55 Å². The number of nitrogens with zero attached hydrogens (tertiary/aromatic N) is 2. The van der Waals surface area contributed by atoms with Crippen LogP contribution in [0, 0.1) is 0 Å². The van der Waals surface area contributed by atoms with E-state index >= 15 is 0 Å². The monoisotopic (exact) mass is 413 g/mol. The van der Waals surface area contributed by atoms with Gasteiger partial charge >= 0.3 is 6.18 Å². The van der Waals surface area contributed by atoms with Gasteiger partial charge in [-0.2, -0.15) is 13.2 Å². The Balaban J connectivity index is 2.23. The Morgan fingerprint density at radius 2 is 2.07 bits per heavy atom. The number of rotatable bonds is 6. The van der Waals surface area contributed by atoms with Crippen LogP contribution in [0.25, 0.3) is 11.0 Å². The summed E-state index contributed by atoms with van der Waals surface area (Å²) < 4.78 is 42.3. The molecule has 2 aromatic heterocycles. The van der Waals surface area contributed by atoms with Crippen molar-refractivity contribution in [3.8, 4) is 0 Å². The van der Waals surface area contributed by atoms with Crippen LogP contribution in [0.15, 0.2) is 84.0 Å². The minimum Gasteiger partial charge on any atom is -0.342 e. The summed E-state index contributed by atoms with van der Waals surface area (Å²) in [4.78, 5) is 16.9. The van der Waals surface area contributed by atoms with Crippen LogP contribution in [0.3, 0.4) is 0 Å². The van der Waals surface area contributed by atoms with E-state index < -0.39 is 22.6 Å². The van der Waals surface area contributed by atoms with Gasteiger partial charge in [0.15, 0.2) is 5.43 Å². The lowest BCUT2D eigenvalue weighted by Crippen LogP contribution is -2.21. The maximum atomic E-state index is 13.5. The molecule has 2 heterocycles. The normalized spacial score (nSPS) is 15.7. The van der Waals surface area contributed by atoms with E-state index in [1.54, 1.807) is 28.9 Å². The van der Waals surface area contributed by atoms with Gasteiger partial charge in [0.1, 0.15) is 11.5 Å². The summed E-state index contributed by atoms with van der Waals surface area (Å²) in [7, 11) is 0. The molecule has 7 heteroatoms. The fourth-order valence-corrected chi connectivity index (χ4v) is 3.31. The molecule has 0 aromatic carbocycles. The molecule has 0 spiro atoms. The first kappa shape index (κ1) is 21.4. The Labute approximate surface area is 172 Å². The van der Waals surface area contributed by atoms with Crippen LogP contribution in [0.4, 0.5) is 19.0 Å². The number of alkyl halides is 3. The van der Waals surface area contributed by atoms with E-state index in [2.05, 4.69) is 16.9 Å². The molecule has 0 saturated heterocycles. The zero-order valence-electron chi connectivity index (χ0n) is 16.5. The molecule has 30 heavy (non-hydrogen) atoms. The number of allylic oxidation sites excluding steroid dienone is 8. The Hall–Kier alpha value is -3.35. The summed E-state index contributed by atoms with van der Waals surface area (Å²) >= 11 is 0. The van der Waals surface area contributed by atoms with Crippen molar-refractivity contribution < 1.29 is 13.2 Å². The molecule has 1 aliphatic rings. The molecular formula is C23H22F3N3O. The number of halogens is 3. The second kappa shape index (κ2) is 8.98. The van der Waals surface area contributed by atoms with Gasteiger partial charge in [0.25, 0.3) is 0 Å². The van der Waals surface area contributed by atoms with Crippen molar-refractivity contribution in [2.24, 2.45) is 0 Å². The van der Waals surface area contributed by atoms with E-state index in [0.29, 0.717) is 5.82 Å². The number of pyridine rings is 2. The Bertz CT molecular complexity index is 1120. The third kappa shape index (κ3) is 4.62. The van der Waals surface area contributed by atoms with Crippen molar-refractivity contribution in [1.82, 2.24) is 9.55 Å². The minimum absolute atomic E-state index is 0.0231. The quantitative estimate of drug-likeness (QED) is 0.598.